The smallest absolute Gasteiger partial charge is 0.191 e. The normalized spacial score (nSPS) is 13.0. The highest BCUT2D eigenvalue weighted by Crippen LogP contribution is 2.20. The molecular formula is C19H28N4O2. The second kappa shape index (κ2) is 9.13. The lowest BCUT2D eigenvalue weighted by molar-refractivity contribution is 0.258. The van der Waals surface area contributed by atoms with Crippen molar-refractivity contribution in [2.45, 2.75) is 19.5 Å². The Kier molecular flexibility index (Phi) is 6.89. The second-order valence-electron chi connectivity index (χ2n) is 6.12. The third kappa shape index (κ3) is 5.26. The van der Waals surface area contributed by atoms with E-state index < -0.39 is 0 Å². The molecule has 2 rings (SSSR count). The van der Waals surface area contributed by atoms with Crippen molar-refractivity contribution in [3.63, 3.8) is 0 Å². The van der Waals surface area contributed by atoms with Gasteiger partial charge in [-0.3, -0.25) is 9.89 Å². The topological polar surface area (TPSA) is 62.0 Å². The maximum Gasteiger partial charge on any atom is 0.191 e. The van der Waals surface area contributed by atoms with Gasteiger partial charge in [-0.25, -0.2) is 0 Å². The van der Waals surface area contributed by atoms with Crippen LogP contribution in [0.3, 0.4) is 0 Å². The van der Waals surface area contributed by atoms with Gasteiger partial charge in [0.1, 0.15) is 11.5 Å². The third-order valence-corrected chi connectivity index (χ3v) is 4.07. The number of hydrogen-bond acceptors (Lipinski definition) is 4. The van der Waals surface area contributed by atoms with Gasteiger partial charge in [0.2, 0.25) is 0 Å². The summed E-state index contributed by atoms with van der Waals surface area (Å²) in [7, 11) is 7.51. The third-order valence-electron chi connectivity index (χ3n) is 4.07. The Hall–Kier alpha value is -2.47. The summed E-state index contributed by atoms with van der Waals surface area (Å²) in [6.45, 7) is 3.37. The summed E-state index contributed by atoms with van der Waals surface area (Å²) in [5, 5.41) is 6.68. The minimum atomic E-state index is 0.127. The molecule has 0 aliphatic carbocycles. The van der Waals surface area contributed by atoms with Crippen molar-refractivity contribution in [1.29, 1.82) is 0 Å². The predicted molar refractivity (Wildman–Crippen MR) is 101 cm³/mol. The number of hydrogen-bond donors (Lipinski definition) is 2. The van der Waals surface area contributed by atoms with Gasteiger partial charge in [-0.2, -0.15) is 0 Å². The highest BCUT2D eigenvalue weighted by atomic mass is 16.5. The molecule has 0 fully saturated rings. The molecule has 0 saturated carbocycles. The van der Waals surface area contributed by atoms with Gasteiger partial charge < -0.3 is 19.8 Å². The van der Waals surface area contributed by atoms with E-state index in [4.69, 9.17) is 9.15 Å². The van der Waals surface area contributed by atoms with Gasteiger partial charge >= 0.3 is 0 Å². The van der Waals surface area contributed by atoms with Crippen LogP contribution >= 0.6 is 0 Å². The molecular weight excluding hydrogens is 316 g/mol. The molecule has 25 heavy (non-hydrogen) atoms. The quantitative estimate of drug-likeness (QED) is 0.597. The number of furan rings is 1. The Morgan fingerprint density at radius 2 is 2.08 bits per heavy atom. The molecule has 1 atom stereocenters. The van der Waals surface area contributed by atoms with Crippen molar-refractivity contribution in [3.8, 4) is 5.75 Å². The summed E-state index contributed by atoms with van der Waals surface area (Å²) >= 11 is 0. The van der Waals surface area contributed by atoms with Crippen LogP contribution in [0, 0.1) is 6.92 Å². The van der Waals surface area contributed by atoms with Crippen LogP contribution in [0.15, 0.2) is 46.0 Å². The molecule has 6 heteroatoms. The van der Waals surface area contributed by atoms with Crippen LogP contribution in [0.5, 0.6) is 5.75 Å². The van der Waals surface area contributed by atoms with Crippen LogP contribution in [0.25, 0.3) is 0 Å². The molecule has 1 unspecified atom stereocenters. The van der Waals surface area contributed by atoms with Gasteiger partial charge in [-0.15, -0.1) is 0 Å². The zero-order chi connectivity index (χ0) is 18.2. The Labute approximate surface area is 149 Å². The number of likely N-dealkylation sites (N-methyl/N-ethyl adjacent to an activating group) is 1. The van der Waals surface area contributed by atoms with Crippen molar-refractivity contribution in [2.24, 2.45) is 4.99 Å². The lowest BCUT2D eigenvalue weighted by Gasteiger charge is -2.23. The maximum absolute atomic E-state index is 5.54. The number of aryl methyl sites for hydroxylation is 1. The van der Waals surface area contributed by atoms with E-state index in [-0.39, 0.29) is 6.04 Å². The van der Waals surface area contributed by atoms with E-state index in [1.807, 2.05) is 32.3 Å². The number of rotatable bonds is 7. The van der Waals surface area contributed by atoms with Crippen LogP contribution in [0.1, 0.15) is 22.9 Å². The highest BCUT2D eigenvalue weighted by molar-refractivity contribution is 5.79. The molecule has 0 amide bonds. The van der Waals surface area contributed by atoms with Gasteiger partial charge in [-0.05, 0) is 44.8 Å². The second-order valence-corrected chi connectivity index (χ2v) is 6.12. The number of guanidine groups is 1. The van der Waals surface area contributed by atoms with Crippen LogP contribution in [0.4, 0.5) is 0 Å². The highest BCUT2D eigenvalue weighted by Gasteiger charge is 2.17. The molecule has 136 valence electrons. The molecule has 0 saturated heterocycles. The van der Waals surface area contributed by atoms with E-state index >= 15 is 0 Å². The predicted octanol–water partition coefficient (Wildman–Crippen LogP) is 2.56. The first kappa shape index (κ1) is 18.9. The number of benzene rings is 1. The maximum atomic E-state index is 5.54. The molecule has 0 bridgehead atoms. The minimum Gasteiger partial charge on any atom is -0.496 e. The zero-order valence-electron chi connectivity index (χ0n) is 15.7. The summed E-state index contributed by atoms with van der Waals surface area (Å²) in [6, 6.07) is 10.2. The fourth-order valence-corrected chi connectivity index (χ4v) is 2.61. The molecule has 0 aliphatic heterocycles. The van der Waals surface area contributed by atoms with Gasteiger partial charge in [0, 0.05) is 25.7 Å². The van der Waals surface area contributed by atoms with Crippen molar-refractivity contribution in [1.82, 2.24) is 15.5 Å². The average Bonchev–Trinajstić information content (AvgIpc) is 3.12. The first-order chi connectivity index (χ1) is 12.0. The molecule has 6 nitrogen and oxygen atoms in total. The molecule has 0 spiro atoms. The lowest BCUT2D eigenvalue weighted by atomic mass is 10.1. The van der Waals surface area contributed by atoms with Crippen LogP contribution in [0.2, 0.25) is 0 Å². The van der Waals surface area contributed by atoms with E-state index in [0.29, 0.717) is 13.1 Å². The summed E-state index contributed by atoms with van der Waals surface area (Å²) in [6.07, 6.45) is 1.70. The first-order valence-electron chi connectivity index (χ1n) is 8.33. The van der Waals surface area contributed by atoms with Crippen LogP contribution in [-0.2, 0) is 6.54 Å². The van der Waals surface area contributed by atoms with Crippen molar-refractivity contribution < 1.29 is 9.15 Å². The fourth-order valence-electron chi connectivity index (χ4n) is 2.61. The standard InChI is InChI=1S/C19H28N4O2/c1-14-8-9-15(18(11-14)24-5)12-21-19(20-2)22-13-16(23(3)4)17-7-6-10-25-17/h6-11,16H,12-13H2,1-5H3,(H2,20,21,22). The van der Waals surface area contributed by atoms with Gasteiger partial charge in [0.15, 0.2) is 5.96 Å². The molecule has 0 aliphatic rings. The molecule has 0 radical (unpaired) electrons. The number of aliphatic imine (C=N–C) groups is 1. The van der Waals surface area contributed by atoms with Crippen LogP contribution in [-0.4, -0.2) is 45.7 Å². The van der Waals surface area contributed by atoms with Gasteiger partial charge in [-0.1, -0.05) is 12.1 Å². The molecule has 2 aromatic rings. The SMILES string of the molecule is CN=C(NCc1ccc(C)cc1OC)NCC(c1ccco1)N(C)C. The molecule has 1 aromatic carbocycles. The first-order valence-corrected chi connectivity index (χ1v) is 8.33. The van der Waals surface area contributed by atoms with E-state index in [1.54, 1.807) is 20.4 Å². The Balaban J connectivity index is 1.95. The molecule has 2 N–H and O–H groups in total. The Bertz CT molecular complexity index is 681. The average molecular weight is 344 g/mol. The van der Waals surface area contributed by atoms with E-state index in [9.17, 15) is 0 Å². The fraction of sp³-hybridized carbons (Fsp3) is 0.421. The summed E-state index contributed by atoms with van der Waals surface area (Å²) < 4.78 is 11.0. The molecule has 1 aromatic heterocycles. The number of nitrogens with zero attached hydrogens (tertiary/aromatic N) is 2. The van der Waals surface area contributed by atoms with Crippen molar-refractivity contribution >= 4 is 5.96 Å². The Morgan fingerprint density at radius 3 is 2.68 bits per heavy atom. The van der Waals surface area contributed by atoms with Crippen LogP contribution < -0.4 is 15.4 Å². The van der Waals surface area contributed by atoms with E-state index in [1.165, 1.54) is 5.56 Å². The largest absolute Gasteiger partial charge is 0.496 e. The van der Waals surface area contributed by atoms with Gasteiger partial charge in [0.05, 0.1) is 19.4 Å². The van der Waals surface area contributed by atoms with Crippen molar-refractivity contribution in [2.75, 3.05) is 34.8 Å². The van der Waals surface area contributed by atoms with Crippen molar-refractivity contribution in [3.05, 3.63) is 53.5 Å². The van der Waals surface area contributed by atoms with E-state index in [0.717, 1.165) is 23.0 Å². The molecule has 1 heterocycles. The van der Waals surface area contributed by atoms with E-state index in [2.05, 4.69) is 39.6 Å². The summed E-state index contributed by atoms with van der Waals surface area (Å²) in [5.74, 6) is 2.54. The number of methoxy groups -OCH3 is 1. The minimum absolute atomic E-state index is 0.127. The summed E-state index contributed by atoms with van der Waals surface area (Å²) in [4.78, 5) is 6.41. The lowest BCUT2D eigenvalue weighted by Crippen LogP contribution is -2.41. The zero-order valence-corrected chi connectivity index (χ0v) is 15.7. The number of ether oxygens (including phenoxy) is 1. The monoisotopic (exact) mass is 344 g/mol. The van der Waals surface area contributed by atoms with Gasteiger partial charge in [0.25, 0.3) is 0 Å². The Morgan fingerprint density at radius 1 is 1.28 bits per heavy atom. The number of nitrogens with one attached hydrogen (secondary N) is 2. The summed E-state index contributed by atoms with van der Waals surface area (Å²) in [5.41, 5.74) is 2.27.